The number of epoxide rings is 1. The Bertz CT molecular complexity index is 810. The Labute approximate surface area is 191 Å². The minimum atomic E-state index is -0.584. The standard InChI is InChI=1S/C26H37NO5/c1-16(2)12-22(29)32-26-11-10-20(30-21(28)13-18-8-6-5-7-9-18)19(14-26)23(24-25(26)31-24)27-15-17(3)4/h5-9,16-17,19-20,23-25,27H,10-15H2,1-4H3/t19?,20-,23-,24+,25+,26-/m1/s1. The van der Waals surface area contributed by atoms with Crippen molar-refractivity contribution < 1.29 is 23.8 Å². The lowest BCUT2D eigenvalue weighted by atomic mass is 9.65. The van der Waals surface area contributed by atoms with Crippen molar-refractivity contribution in [2.24, 2.45) is 17.8 Å². The number of carbonyl (C=O) groups excluding carboxylic acids is 2. The molecule has 0 aromatic heterocycles. The molecule has 1 aliphatic heterocycles. The van der Waals surface area contributed by atoms with Crippen LogP contribution < -0.4 is 5.32 Å². The maximum atomic E-state index is 12.7. The fourth-order valence-corrected chi connectivity index (χ4v) is 5.42. The topological polar surface area (TPSA) is 77.2 Å². The van der Waals surface area contributed by atoms with Gasteiger partial charge in [-0.2, -0.15) is 0 Å². The summed E-state index contributed by atoms with van der Waals surface area (Å²) in [6.07, 6.45) is 2.48. The Morgan fingerprint density at radius 2 is 1.88 bits per heavy atom. The summed E-state index contributed by atoms with van der Waals surface area (Å²) in [7, 11) is 0. The van der Waals surface area contributed by atoms with Crippen LogP contribution in [0, 0.1) is 17.8 Å². The van der Waals surface area contributed by atoms with Crippen LogP contribution in [-0.4, -0.2) is 48.4 Å². The molecule has 32 heavy (non-hydrogen) atoms. The van der Waals surface area contributed by atoms with E-state index in [4.69, 9.17) is 14.2 Å². The molecule has 1 aromatic rings. The van der Waals surface area contributed by atoms with Crippen molar-refractivity contribution in [1.29, 1.82) is 0 Å². The van der Waals surface area contributed by atoms with Crippen LogP contribution in [0.3, 0.4) is 0 Å². The van der Waals surface area contributed by atoms with E-state index < -0.39 is 5.60 Å². The van der Waals surface area contributed by atoms with E-state index in [0.29, 0.717) is 31.6 Å². The van der Waals surface area contributed by atoms with Gasteiger partial charge in [-0.15, -0.1) is 0 Å². The number of carbonyl (C=O) groups is 2. The molecule has 4 rings (SSSR count). The first-order valence-electron chi connectivity index (χ1n) is 12.1. The predicted octanol–water partition coefficient (Wildman–Crippen LogP) is 3.66. The third-order valence-corrected chi connectivity index (χ3v) is 6.90. The highest BCUT2D eigenvalue weighted by atomic mass is 16.6. The smallest absolute Gasteiger partial charge is 0.310 e. The molecule has 1 N–H and O–H groups in total. The molecule has 0 amide bonds. The van der Waals surface area contributed by atoms with Crippen LogP contribution in [-0.2, 0) is 30.2 Å². The number of rotatable bonds is 9. The Hall–Kier alpha value is -1.92. The van der Waals surface area contributed by atoms with Gasteiger partial charge in [-0.1, -0.05) is 58.0 Å². The monoisotopic (exact) mass is 443 g/mol. The van der Waals surface area contributed by atoms with Gasteiger partial charge in [0.05, 0.1) is 6.42 Å². The van der Waals surface area contributed by atoms with Gasteiger partial charge in [0.1, 0.15) is 23.9 Å². The maximum absolute atomic E-state index is 12.7. The van der Waals surface area contributed by atoms with E-state index in [1.54, 1.807) is 0 Å². The third kappa shape index (κ3) is 5.18. The van der Waals surface area contributed by atoms with E-state index in [2.05, 4.69) is 19.2 Å². The van der Waals surface area contributed by atoms with Gasteiger partial charge in [0.25, 0.3) is 0 Å². The number of esters is 2. The first-order valence-corrected chi connectivity index (χ1v) is 12.1. The summed E-state index contributed by atoms with van der Waals surface area (Å²) in [6, 6.07) is 9.79. The number of benzene rings is 1. The average Bonchev–Trinajstić information content (AvgIpc) is 3.51. The summed E-state index contributed by atoms with van der Waals surface area (Å²) in [6.45, 7) is 9.27. The predicted molar refractivity (Wildman–Crippen MR) is 121 cm³/mol. The van der Waals surface area contributed by atoms with Crippen molar-refractivity contribution in [3.8, 4) is 0 Å². The summed E-state index contributed by atoms with van der Waals surface area (Å²) < 4.78 is 18.2. The van der Waals surface area contributed by atoms with Crippen LogP contribution in [0.5, 0.6) is 0 Å². The van der Waals surface area contributed by atoms with E-state index in [9.17, 15) is 9.59 Å². The molecule has 1 aromatic carbocycles. The molecular weight excluding hydrogens is 406 g/mol. The summed E-state index contributed by atoms with van der Waals surface area (Å²) in [5.74, 6) is 0.473. The number of fused-ring (bicyclic) bond motifs is 4. The molecular formula is C26H37NO5. The maximum Gasteiger partial charge on any atom is 0.310 e. The fraction of sp³-hybridized carbons (Fsp3) is 0.692. The van der Waals surface area contributed by atoms with Crippen molar-refractivity contribution in [3.05, 3.63) is 35.9 Å². The summed E-state index contributed by atoms with van der Waals surface area (Å²) in [4.78, 5) is 25.3. The zero-order valence-corrected chi connectivity index (χ0v) is 19.7. The highest BCUT2D eigenvalue weighted by molar-refractivity contribution is 5.73. The van der Waals surface area contributed by atoms with Crippen LogP contribution >= 0.6 is 0 Å². The highest BCUT2D eigenvalue weighted by Crippen LogP contribution is 2.55. The minimum absolute atomic E-state index is 0.00924. The first kappa shape index (κ1) is 23.2. The number of hydrogen-bond acceptors (Lipinski definition) is 6. The Balaban J connectivity index is 1.47. The zero-order chi connectivity index (χ0) is 22.9. The molecule has 3 fully saturated rings. The molecule has 2 aliphatic carbocycles. The first-order chi connectivity index (χ1) is 15.3. The molecule has 6 atom stereocenters. The molecule has 3 aliphatic rings. The molecule has 1 saturated heterocycles. The second-order valence-corrected chi connectivity index (χ2v) is 10.6. The quantitative estimate of drug-likeness (QED) is 0.464. The van der Waals surface area contributed by atoms with Gasteiger partial charge in [0.15, 0.2) is 0 Å². The summed E-state index contributed by atoms with van der Waals surface area (Å²) in [5.41, 5.74) is 0.369. The van der Waals surface area contributed by atoms with Crippen LogP contribution in [0.25, 0.3) is 0 Å². The molecule has 2 bridgehead atoms. The number of nitrogens with one attached hydrogen (secondary N) is 1. The molecule has 0 radical (unpaired) electrons. The second-order valence-electron chi connectivity index (χ2n) is 10.6. The summed E-state index contributed by atoms with van der Waals surface area (Å²) >= 11 is 0. The van der Waals surface area contributed by atoms with E-state index in [1.807, 2.05) is 44.2 Å². The van der Waals surface area contributed by atoms with Gasteiger partial charge < -0.3 is 19.5 Å². The van der Waals surface area contributed by atoms with Gasteiger partial charge in [0.2, 0.25) is 0 Å². The Morgan fingerprint density at radius 1 is 1.12 bits per heavy atom. The van der Waals surface area contributed by atoms with Crippen molar-refractivity contribution in [1.82, 2.24) is 5.32 Å². The zero-order valence-electron chi connectivity index (χ0n) is 19.7. The second kappa shape index (κ2) is 9.52. The Kier molecular flexibility index (Phi) is 6.91. The Morgan fingerprint density at radius 3 is 2.56 bits per heavy atom. The third-order valence-electron chi connectivity index (χ3n) is 6.90. The van der Waals surface area contributed by atoms with E-state index >= 15 is 0 Å². The van der Waals surface area contributed by atoms with Gasteiger partial charge >= 0.3 is 11.9 Å². The van der Waals surface area contributed by atoms with E-state index in [-0.39, 0.29) is 54.5 Å². The minimum Gasteiger partial charge on any atom is -0.462 e. The van der Waals surface area contributed by atoms with Gasteiger partial charge in [-0.3, -0.25) is 9.59 Å². The normalized spacial score (nSPS) is 33.0. The molecule has 176 valence electrons. The lowest BCUT2D eigenvalue weighted by molar-refractivity contribution is -0.184. The van der Waals surface area contributed by atoms with Crippen molar-refractivity contribution in [2.75, 3.05) is 6.54 Å². The van der Waals surface area contributed by atoms with Gasteiger partial charge in [0, 0.05) is 18.4 Å². The van der Waals surface area contributed by atoms with E-state index in [1.165, 1.54) is 0 Å². The van der Waals surface area contributed by atoms with Crippen LogP contribution in [0.15, 0.2) is 30.3 Å². The number of ether oxygens (including phenoxy) is 3. The number of hydrogen-bond donors (Lipinski definition) is 1. The fourth-order valence-electron chi connectivity index (χ4n) is 5.42. The van der Waals surface area contributed by atoms with Crippen molar-refractivity contribution in [2.45, 2.75) is 89.8 Å². The summed E-state index contributed by atoms with van der Waals surface area (Å²) in [5, 5.41) is 3.67. The van der Waals surface area contributed by atoms with E-state index in [0.717, 1.165) is 12.1 Å². The molecule has 6 nitrogen and oxygen atoms in total. The van der Waals surface area contributed by atoms with Crippen molar-refractivity contribution in [3.63, 3.8) is 0 Å². The van der Waals surface area contributed by atoms with Crippen LogP contribution in [0.1, 0.15) is 58.9 Å². The molecule has 2 saturated carbocycles. The highest BCUT2D eigenvalue weighted by Gasteiger charge is 2.68. The lowest BCUT2D eigenvalue weighted by Gasteiger charge is -2.48. The molecule has 6 heteroatoms. The molecule has 1 heterocycles. The molecule has 0 spiro atoms. The van der Waals surface area contributed by atoms with Crippen LogP contribution in [0.2, 0.25) is 0 Å². The van der Waals surface area contributed by atoms with Crippen LogP contribution in [0.4, 0.5) is 0 Å². The lowest BCUT2D eigenvalue weighted by Crippen LogP contribution is -2.61. The average molecular weight is 444 g/mol. The SMILES string of the molecule is CC(C)CN[C@@H]1C2C[C@](OC(=O)CC(C)C)(CC[C@H]2OC(=O)Cc2ccccc2)[C@H]2O[C@@H]12. The van der Waals surface area contributed by atoms with Gasteiger partial charge in [-0.05, 0) is 43.2 Å². The van der Waals surface area contributed by atoms with Gasteiger partial charge in [-0.25, -0.2) is 0 Å². The largest absolute Gasteiger partial charge is 0.462 e. The molecule has 1 unspecified atom stereocenters. The van der Waals surface area contributed by atoms with Crippen molar-refractivity contribution >= 4 is 11.9 Å².